The molecule has 0 radical (unpaired) electrons. The van der Waals surface area contributed by atoms with Gasteiger partial charge in [0.05, 0.1) is 0 Å². The van der Waals surface area contributed by atoms with E-state index in [-0.39, 0.29) is 0 Å². The van der Waals surface area contributed by atoms with Crippen LogP contribution in [0.4, 0.5) is 4.39 Å². The number of carbonyl (C=O) groups is 1. The molecule has 2 nitrogen and oxygen atoms in total. The van der Waals surface area contributed by atoms with Crippen LogP contribution in [0.2, 0.25) is 0 Å². The van der Waals surface area contributed by atoms with Gasteiger partial charge in [0.25, 0.3) is 0 Å². The molecule has 0 amide bonds. The number of Topliss-reactive ketones (excluding diaryl/α,β-unsaturated/α-hetero) is 1. The number of alkyl halides is 1. The lowest BCUT2D eigenvalue weighted by molar-refractivity contribution is 0.0759. The number of rotatable bonds is 2. The summed E-state index contributed by atoms with van der Waals surface area (Å²) >= 11 is 0. The van der Waals surface area contributed by atoms with E-state index >= 15 is 0 Å². The van der Waals surface area contributed by atoms with Crippen LogP contribution in [0.5, 0.6) is 0 Å². The molecule has 70 valence electrons. The normalized spacial score (nSPS) is 11.4. The average molecular weight is 181 g/mol. The molecule has 1 aromatic rings. The van der Waals surface area contributed by atoms with E-state index in [4.69, 9.17) is 0 Å². The molecular formula is C10H12FNO. The maximum absolute atomic E-state index is 13.3. The number of halogens is 1. The van der Waals surface area contributed by atoms with Gasteiger partial charge in [0, 0.05) is 18.0 Å². The van der Waals surface area contributed by atoms with E-state index < -0.39 is 11.5 Å². The lowest BCUT2D eigenvalue weighted by Gasteiger charge is -2.13. The van der Waals surface area contributed by atoms with Crippen molar-refractivity contribution in [2.75, 3.05) is 0 Å². The first-order valence-corrected chi connectivity index (χ1v) is 4.07. The van der Waals surface area contributed by atoms with Gasteiger partial charge in [0.15, 0.2) is 5.67 Å². The van der Waals surface area contributed by atoms with E-state index in [1.54, 1.807) is 19.2 Å². The van der Waals surface area contributed by atoms with Crippen LogP contribution in [0.25, 0.3) is 0 Å². The highest BCUT2D eigenvalue weighted by molar-refractivity contribution is 6.02. The van der Waals surface area contributed by atoms with Crippen molar-refractivity contribution in [1.29, 1.82) is 0 Å². The molecular weight excluding hydrogens is 169 g/mol. The largest absolute Gasteiger partial charge is 0.290 e. The van der Waals surface area contributed by atoms with Gasteiger partial charge in [-0.25, -0.2) is 4.39 Å². The second-order valence-electron chi connectivity index (χ2n) is 3.49. The second kappa shape index (κ2) is 3.24. The van der Waals surface area contributed by atoms with E-state index in [9.17, 15) is 9.18 Å². The summed E-state index contributed by atoms with van der Waals surface area (Å²) < 4.78 is 13.3. The van der Waals surface area contributed by atoms with Gasteiger partial charge in [0.1, 0.15) is 0 Å². The Morgan fingerprint density at radius 1 is 1.54 bits per heavy atom. The fraction of sp³-hybridized carbons (Fsp3) is 0.400. The molecule has 0 saturated heterocycles. The predicted molar refractivity (Wildman–Crippen MR) is 48.5 cm³/mol. The van der Waals surface area contributed by atoms with Gasteiger partial charge in [-0.1, -0.05) is 0 Å². The zero-order chi connectivity index (χ0) is 10.1. The summed E-state index contributed by atoms with van der Waals surface area (Å²) in [6.45, 7) is 4.27. The number of aryl methyl sites for hydroxylation is 1. The first-order valence-electron chi connectivity index (χ1n) is 4.07. The third-order valence-electron chi connectivity index (χ3n) is 1.82. The predicted octanol–water partition coefficient (Wildman–Crippen LogP) is 2.32. The van der Waals surface area contributed by atoms with E-state index in [0.29, 0.717) is 5.56 Å². The van der Waals surface area contributed by atoms with Crippen molar-refractivity contribution in [3.05, 3.63) is 29.6 Å². The molecule has 0 aliphatic rings. The van der Waals surface area contributed by atoms with Crippen molar-refractivity contribution in [2.24, 2.45) is 0 Å². The summed E-state index contributed by atoms with van der Waals surface area (Å²) in [5.41, 5.74) is -0.714. The average Bonchev–Trinajstić information content (AvgIpc) is 2.02. The second-order valence-corrected chi connectivity index (χ2v) is 3.49. The summed E-state index contributed by atoms with van der Waals surface area (Å²) in [6.07, 6.45) is 2.98. The van der Waals surface area contributed by atoms with Crippen LogP contribution >= 0.6 is 0 Å². The summed E-state index contributed by atoms with van der Waals surface area (Å²) in [7, 11) is 0. The van der Waals surface area contributed by atoms with Crippen molar-refractivity contribution in [2.45, 2.75) is 26.4 Å². The maximum atomic E-state index is 13.3. The van der Waals surface area contributed by atoms with Crippen molar-refractivity contribution in [3.8, 4) is 0 Å². The number of hydrogen-bond acceptors (Lipinski definition) is 2. The van der Waals surface area contributed by atoms with Gasteiger partial charge in [0.2, 0.25) is 5.78 Å². The molecule has 0 saturated carbocycles. The number of ketones is 1. The molecule has 0 unspecified atom stereocenters. The SMILES string of the molecule is Cc1ccncc1C(=O)C(C)(C)F. The smallest absolute Gasteiger partial charge is 0.201 e. The zero-order valence-electron chi connectivity index (χ0n) is 7.97. The lowest BCUT2D eigenvalue weighted by atomic mass is 9.97. The van der Waals surface area contributed by atoms with E-state index in [2.05, 4.69) is 4.98 Å². The van der Waals surface area contributed by atoms with Crippen LogP contribution in [0.1, 0.15) is 29.8 Å². The number of hydrogen-bond donors (Lipinski definition) is 0. The van der Waals surface area contributed by atoms with Gasteiger partial charge in [-0.05, 0) is 32.4 Å². The number of nitrogens with zero attached hydrogens (tertiary/aromatic N) is 1. The molecule has 0 N–H and O–H groups in total. The molecule has 13 heavy (non-hydrogen) atoms. The van der Waals surface area contributed by atoms with Crippen molar-refractivity contribution < 1.29 is 9.18 Å². The van der Waals surface area contributed by atoms with Gasteiger partial charge in [-0.3, -0.25) is 9.78 Å². The first-order chi connectivity index (χ1) is 5.93. The highest BCUT2D eigenvalue weighted by Gasteiger charge is 2.28. The Hall–Kier alpha value is -1.25. The Balaban J connectivity index is 3.10. The quantitative estimate of drug-likeness (QED) is 0.655. The van der Waals surface area contributed by atoms with E-state index in [1.807, 2.05) is 0 Å². The third kappa shape index (κ3) is 2.11. The number of carbonyl (C=O) groups excluding carboxylic acids is 1. The molecule has 1 rings (SSSR count). The minimum absolute atomic E-state index is 0.356. The highest BCUT2D eigenvalue weighted by atomic mass is 19.1. The maximum Gasteiger partial charge on any atom is 0.201 e. The first kappa shape index (κ1) is 9.84. The van der Waals surface area contributed by atoms with Gasteiger partial charge in [-0.15, -0.1) is 0 Å². The van der Waals surface area contributed by atoms with E-state index in [1.165, 1.54) is 20.0 Å². The van der Waals surface area contributed by atoms with Gasteiger partial charge in [-0.2, -0.15) is 0 Å². The fourth-order valence-electron chi connectivity index (χ4n) is 1.02. The summed E-state index contributed by atoms with van der Waals surface area (Å²) in [5, 5.41) is 0. The van der Waals surface area contributed by atoms with Crippen LogP contribution in [-0.4, -0.2) is 16.4 Å². The third-order valence-corrected chi connectivity index (χ3v) is 1.82. The highest BCUT2D eigenvalue weighted by Crippen LogP contribution is 2.18. The Morgan fingerprint density at radius 2 is 2.15 bits per heavy atom. The molecule has 0 fully saturated rings. The molecule has 3 heteroatoms. The van der Waals surface area contributed by atoms with Crippen molar-refractivity contribution in [3.63, 3.8) is 0 Å². The minimum Gasteiger partial charge on any atom is -0.290 e. The molecule has 0 atom stereocenters. The molecule has 0 aliphatic heterocycles. The summed E-state index contributed by atoms with van der Waals surface area (Å²) in [5.74, 6) is -0.516. The van der Waals surface area contributed by atoms with Crippen LogP contribution in [0.15, 0.2) is 18.5 Å². The molecule has 0 bridgehead atoms. The van der Waals surface area contributed by atoms with E-state index in [0.717, 1.165) is 5.56 Å². The standard InChI is InChI=1S/C10H12FNO/c1-7-4-5-12-6-8(7)9(13)10(2,3)11/h4-6H,1-3H3. The number of pyridine rings is 1. The van der Waals surface area contributed by atoms with Crippen LogP contribution in [-0.2, 0) is 0 Å². The topological polar surface area (TPSA) is 30.0 Å². The lowest BCUT2D eigenvalue weighted by Crippen LogP contribution is -2.26. The van der Waals surface area contributed by atoms with Gasteiger partial charge < -0.3 is 0 Å². The van der Waals surface area contributed by atoms with Gasteiger partial charge >= 0.3 is 0 Å². The minimum atomic E-state index is -1.83. The Morgan fingerprint density at radius 3 is 2.62 bits per heavy atom. The Kier molecular flexibility index (Phi) is 2.45. The molecule has 0 aromatic carbocycles. The van der Waals surface area contributed by atoms with Crippen LogP contribution in [0, 0.1) is 6.92 Å². The molecule has 1 heterocycles. The Labute approximate surface area is 76.8 Å². The molecule has 0 aliphatic carbocycles. The monoisotopic (exact) mass is 181 g/mol. The zero-order valence-corrected chi connectivity index (χ0v) is 7.97. The van der Waals surface area contributed by atoms with Crippen molar-refractivity contribution >= 4 is 5.78 Å². The van der Waals surface area contributed by atoms with Crippen LogP contribution < -0.4 is 0 Å². The summed E-state index contributed by atoms with van der Waals surface area (Å²) in [4.78, 5) is 15.3. The molecule has 1 aromatic heterocycles. The fourth-order valence-corrected chi connectivity index (χ4v) is 1.02. The Bertz CT molecular complexity index is 328. The van der Waals surface area contributed by atoms with Crippen LogP contribution in [0.3, 0.4) is 0 Å². The summed E-state index contributed by atoms with van der Waals surface area (Å²) in [6, 6.07) is 1.69. The number of aromatic nitrogens is 1. The van der Waals surface area contributed by atoms with Crippen molar-refractivity contribution in [1.82, 2.24) is 4.98 Å². The molecule has 0 spiro atoms.